The Kier molecular flexibility index (Phi) is 9.31. The summed E-state index contributed by atoms with van der Waals surface area (Å²) in [5, 5.41) is 11.2. The number of fused-ring (bicyclic) bond motifs is 2. The maximum absolute atomic E-state index is 14.3. The summed E-state index contributed by atoms with van der Waals surface area (Å²) < 4.78 is 22.6. The summed E-state index contributed by atoms with van der Waals surface area (Å²) >= 11 is 0. The molecule has 7 aliphatic rings. The highest BCUT2D eigenvalue weighted by molar-refractivity contribution is 5.82. The Morgan fingerprint density at radius 1 is 1.00 bits per heavy atom. The van der Waals surface area contributed by atoms with Crippen LogP contribution in [0, 0.1) is 65.1 Å². The van der Waals surface area contributed by atoms with E-state index in [0.717, 1.165) is 50.4 Å². The van der Waals surface area contributed by atoms with E-state index in [-0.39, 0.29) is 43.2 Å². The minimum atomic E-state index is -0.884. The van der Waals surface area contributed by atoms with Gasteiger partial charge < -0.3 is 24.1 Å². The molecule has 0 aromatic heterocycles. The fourth-order valence-electron chi connectivity index (χ4n) is 10.9. The minimum absolute atomic E-state index is 0.0342. The van der Waals surface area contributed by atoms with Gasteiger partial charge in [0.25, 0.3) is 0 Å². The fraction of sp³-hybridized carbons (Fsp3) is 0.892. The predicted molar refractivity (Wildman–Crippen MR) is 168 cm³/mol. The molecule has 258 valence electrons. The first-order valence-corrected chi connectivity index (χ1v) is 18.1. The average molecular weight is 645 g/mol. The van der Waals surface area contributed by atoms with Crippen molar-refractivity contribution in [2.24, 2.45) is 65.1 Å². The molecule has 0 spiro atoms. The highest BCUT2D eigenvalue weighted by Crippen LogP contribution is 2.61. The topological polar surface area (TPSA) is 125 Å². The molecular formula is C37H56O9. The van der Waals surface area contributed by atoms with Crippen molar-refractivity contribution in [3.8, 4) is 0 Å². The number of carbonyl (C=O) groups excluding carboxylic acids is 4. The summed E-state index contributed by atoms with van der Waals surface area (Å²) in [5.41, 5.74) is -1.09. The van der Waals surface area contributed by atoms with Gasteiger partial charge in [-0.2, -0.15) is 0 Å². The number of cyclic esters (lactones) is 1. The van der Waals surface area contributed by atoms with Crippen molar-refractivity contribution in [3.05, 3.63) is 0 Å². The SMILES string of the molecule is CC(CC(CC1C(C)C2CC(C(O)CC(=O)OC(C)(C)C)C1C2)C(=O)OC1(C)C2CC3CC(C2)CC1C3)C(=O)OC1CCOC1=O. The van der Waals surface area contributed by atoms with Crippen molar-refractivity contribution in [1.29, 1.82) is 0 Å². The van der Waals surface area contributed by atoms with E-state index in [2.05, 4.69) is 13.8 Å². The Hall–Kier alpha value is -2.16. The standard InChI is InChI=1S/C37H56O9/c1-19(33(40)44-31-7-8-43-35(31)42)9-24(34(41)46-37(6)25-11-21-10-22(13-25)14-26(37)12-21)17-27-20(2)23-15-28(27)29(16-23)30(38)18-32(39)45-36(3,4)5/h19-31,38H,7-18H2,1-6H3. The van der Waals surface area contributed by atoms with Crippen LogP contribution in [0.25, 0.3) is 0 Å². The van der Waals surface area contributed by atoms with Gasteiger partial charge in [0, 0.05) is 6.42 Å². The van der Waals surface area contributed by atoms with Crippen molar-refractivity contribution >= 4 is 23.9 Å². The van der Waals surface area contributed by atoms with Crippen molar-refractivity contribution in [3.63, 3.8) is 0 Å². The summed E-state index contributed by atoms with van der Waals surface area (Å²) in [5.74, 6) is 0.627. The van der Waals surface area contributed by atoms with Crippen LogP contribution in [0.3, 0.4) is 0 Å². The molecule has 6 aliphatic carbocycles. The predicted octanol–water partition coefficient (Wildman–Crippen LogP) is 5.64. The van der Waals surface area contributed by atoms with Crippen LogP contribution in [-0.4, -0.2) is 59.0 Å². The van der Waals surface area contributed by atoms with Crippen LogP contribution in [-0.2, 0) is 38.1 Å². The number of aliphatic hydroxyl groups excluding tert-OH is 1. The summed E-state index contributed by atoms with van der Waals surface area (Å²) in [6, 6.07) is 0. The molecule has 6 saturated carbocycles. The zero-order valence-electron chi connectivity index (χ0n) is 28.7. The first kappa shape index (κ1) is 33.7. The molecule has 1 aliphatic heterocycles. The first-order valence-electron chi connectivity index (χ1n) is 18.1. The van der Waals surface area contributed by atoms with E-state index in [9.17, 15) is 24.3 Å². The van der Waals surface area contributed by atoms with Gasteiger partial charge in [0.15, 0.2) is 0 Å². The summed E-state index contributed by atoms with van der Waals surface area (Å²) in [7, 11) is 0. The molecule has 1 heterocycles. The van der Waals surface area contributed by atoms with Gasteiger partial charge in [-0.15, -0.1) is 0 Å². The second kappa shape index (κ2) is 12.7. The van der Waals surface area contributed by atoms with Gasteiger partial charge in [-0.3, -0.25) is 14.4 Å². The maximum atomic E-state index is 14.3. The summed E-state index contributed by atoms with van der Waals surface area (Å²) in [4.78, 5) is 52.1. The van der Waals surface area contributed by atoms with Gasteiger partial charge in [-0.1, -0.05) is 13.8 Å². The smallest absolute Gasteiger partial charge is 0.347 e. The Morgan fingerprint density at radius 2 is 1.65 bits per heavy atom. The number of aliphatic hydroxyl groups is 1. The van der Waals surface area contributed by atoms with Crippen molar-refractivity contribution < 1.29 is 43.2 Å². The van der Waals surface area contributed by atoms with Gasteiger partial charge in [0.2, 0.25) is 6.10 Å². The molecule has 0 radical (unpaired) electrons. The number of rotatable bonds is 11. The van der Waals surface area contributed by atoms with Gasteiger partial charge in [-0.05, 0) is 139 Å². The van der Waals surface area contributed by atoms with E-state index in [4.69, 9.17) is 18.9 Å². The molecule has 1 saturated heterocycles. The van der Waals surface area contributed by atoms with E-state index in [1.807, 2.05) is 20.8 Å². The van der Waals surface area contributed by atoms with Crippen LogP contribution in [0.5, 0.6) is 0 Å². The molecule has 46 heavy (non-hydrogen) atoms. The Morgan fingerprint density at radius 3 is 2.22 bits per heavy atom. The lowest BCUT2D eigenvalue weighted by molar-refractivity contribution is -0.208. The van der Waals surface area contributed by atoms with Gasteiger partial charge >= 0.3 is 23.9 Å². The van der Waals surface area contributed by atoms with E-state index in [0.29, 0.717) is 36.5 Å². The molecule has 0 amide bonds. The number of carbonyl (C=O) groups is 4. The normalized spacial score (nSPS) is 41.2. The van der Waals surface area contributed by atoms with Crippen LogP contribution in [0.1, 0.15) is 112 Å². The molecule has 9 atom stereocenters. The number of hydrogen-bond acceptors (Lipinski definition) is 9. The summed E-state index contributed by atoms with van der Waals surface area (Å²) in [6.45, 7) is 11.9. The van der Waals surface area contributed by atoms with Crippen LogP contribution in [0.2, 0.25) is 0 Å². The van der Waals surface area contributed by atoms with Crippen LogP contribution >= 0.6 is 0 Å². The van der Waals surface area contributed by atoms with Crippen molar-refractivity contribution in [2.45, 2.75) is 136 Å². The molecular weight excluding hydrogens is 588 g/mol. The second-order valence-corrected chi connectivity index (χ2v) is 17.3. The molecule has 9 nitrogen and oxygen atoms in total. The number of hydrogen-bond donors (Lipinski definition) is 1. The Bertz CT molecular complexity index is 1160. The first-order chi connectivity index (χ1) is 21.6. The number of ether oxygens (including phenoxy) is 4. The highest BCUT2D eigenvalue weighted by atomic mass is 16.6. The second-order valence-electron chi connectivity index (χ2n) is 17.3. The third kappa shape index (κ3) is 6.73. The zero-order chi connectivity index (χ0) is 33.1. The summed E-state index contributed by atoms with van der Waals surface area (Å²) in [6.07, 6.45) is 7.14. The maximum Gasteiger partial charge on any atom is 0.347 e. The van der Waals surface area contributed by atoms with Crippen molar-refractivity contribution in [1.82, 2.24) is 0 Å². The third-order valence-electron chi connectivity index (χ3n) is 13.1. The van der Waals surface area contributed by atoms with Gasteiger partial charge in [0.1, 0.15) is 11.2 Å². The lowest BCUT2D eigenvalue weighted by Gasteiger charge is -2.59. The van der Waals surface area contributed by atoms with Crippen molar-refractivity contribution in [2.75, 3.05) is 6.61 Å². The highest BCUT2D eigenvalue weighted by Gasteiger charge is 2.58. The van der Waals surface area contributed by atoms with Gasteiger partial charge in [0.05, 0.1) is 31.0 Å². The monoisotopic (exact) mass is 644 g/mol. The molecule has 7 rings (SSSR count). The largest absolute Gasteiger partial charge is 0.463 e. The quantitative estimate of drug-likeness (QED) is 0.225. The lowest BCUT2D eigenvalue weighted by atomic mass is 9.50. The molecule has 9 heteroatoms. The van der Waals surface area contributed by atoms with Crippen LogP contribution in [0.15, 0.2) is 0 Å². The van der Waals surface area contributed by atoms with E-state index < -0.39 is 53.2 Å². The molecule has 0 aromatic carbocycles. The van der Waals surface area contributed by atoms with E-state index in [1.165, 1.54) is 6.42 Å². The third-order valence-corrected chi connectivity index (χ3v) is 13.1. The molecule has 6 bridgehead atoms. The lowest BCUT2D eigenvalue weighted by Crippen LogP contribution is -2.58. The Labute approximate surface area is 274 Å². The zero-order valence-corrected chi connectivity index (χ0v) is 28.7. The Balaban J connectivity index is 1.17. The molecule has 1 N–H and O–H groups in total. The minimum Gasteiger partial charge on any atom is -0.463 e. The molecule has 9 unspecified atom stereocenters. The van der Waals surface area contributed by atoms with Crippen LogP contribution < -0.4 is 0 Å². The van der Waals surface area contributed by atoms with Crippen LogP contribution in [0.4, 0.5) is 0 Å². The van der Waals surface area contributed by atoms with Gasteiger partial charge in [-0.25, -0.2) is 4.79 Å². The number of esters is 4. The fourth-order valence-corrected chi connectivity index (χ4v) is 10.9. The van der Waals surface area contributed by atoms with E-state index >= 15 is 0 Å². The molecule has 7 fully saturated rings. The molecule has 0 aromatic rings. The average Bonchev–Trinajstić information content (AvgIpc) is 3.65. The van der Waals surface area contributed by atoms with E-state index in [1.54, 1.807) is 6.92 Å².